The first-order valence-electron chi connectivity index (χ1n) is 6.58. The van der Waals surface area contributed by atoms with Gasteiger partial charge in [0.05, 0.1) is 13.2 Å². The summed E-state index contributed by atoms with van der Waals surface area (Å²) >= 11 is 0. The third-order valence-corrected chi connectivity index (χ3v) is 3.83. The van der Waals surface area contributed by atoms with Crippen molar-refractivity contribution in [1.82, 2.24) is 4.90 Å². The fourth-order valence-corrected chi connectivity index (χ4v) is 2.95. The third kappa shape index (κ3) is 2.74. The van der Waals surface area contributed by atoms with Crippen molar-refractivity contribution in [3.05, 3.63) is 35.9 Å². The van der Waals surface area contributed by atoms with Gasteiger partial charge in [-0.25, -0.2) is 0 Å². The van der Waals surface area contributed by atoms with Gasteiger partial charge in [0.25, 0.3) is 0 Å². The predicted molar refractivity (Wildman–Crippen MR) is 72.6 cm³/mol. The van der Waals surface area contributed by atoms with Crippen LogP contribution in [0.4, 0.5) is 0 Å². The molecular formula is C15H23NO2. The highest BCUT2D eigenvalue weighted by Crippen LogP contribution is 2.35. The Morgan fingerprint density at radius 1 is 1.11 bits per heavy atom. The highest BCUT2D eigenvalue weighted by Gasteiger charge is 2.41. The van der Waals surface area contributed by atoms with Gasteiger partial charge in [-0.05, 0) is 18.9 Å². The minimum atomic E-state index is 0.417. The van der Waals surface area contributed by atoms with Crippen molar-refractivity contribution in [1.29, 1.82) is 0 Å². The maximum atomic E-state index is 5.31. The van der Waals surface area contributed by atoms with Gasteiger partial charge in [-0.15, -0.1) is 0 Å². The smallest absolute Gasteiger partial charge is 0.0619 e. The van der Waals surface area contributed by atoms with E-state index in [9.17, 15) is 0 Å². The van der Waals surface area contributed by atoms with E-state index in [0.717, 1.165) is 13.2 Å². The summed E-state index contributed by atoms with van der Waals surface area (Å²) in [5, 5.41) is 0. The lowest BCUT2D eigenvalue weighted by Crippen LogP contribution is -2.60. The van der Waals surface area contributed by atoms with Gasteiger partial charge in [-0.1, -0.05) is 30.3 Å². The number of likely N-dealkylation sites (tertiary alicyclic amines) is 1. The molecule has 1 aliphatic heterocycles. The number of nitrogens with zero attached hydrogens (tertiary/aromatic N) is 1. The molecular weight excluding hydrogens is 226 g/mol. The van der Waals surface area contributed by atoms with Crippen LogP contribution in [0.25, 0.3) is 0 Å². The van der Waals surface area contributed by atoms with Crippen LogP contribution in [0.1, 0.15) is 24.9 Å². The molecule has 0 saturated carbocycles. The highest BCUT2D eigenvalue weighted by molar-refractivity contribution is 5.20. The van der Waals surface area contributed by atoms with Crippen LogP contribution in [0, 0.1) is 0 Å². The fraction of sp³-hybridized carbons (Fsp3) is 0.600. The first-order valence-corrected chi connectivity index (χ1v) is 6.58. The Labute approximate surface area is 110 Å². The van der Waals surface area contributed by atoms with Crippen molar-refractivity contribution in [3.63, 3.8) is 0 Å². The van der Waals surface area contributed by atoms with E-state index < -0.39 is 0 Å². The summed E-state index contributed by atoms with van der Waals surface area (Å²) in [6, 6.07) is 12.1. The molecule has 3 heteroatoms. The number of ether oxygens (including phenoxy) is 2. The van der Waals surface area contributed by atoms with Crippen molar-refractivity contribution in [2.24, 2.45) is 0 Å². The molecule has 1 aliphatic rings. The zero-order chi connectivity index (χ0) is 13.0. The summed E-state index contributed by atoms with van der Waals surface area (Å²) < 4.78 is 10.6. The van der Waals surface area contributed by atoms with Crippen LogP contribution in [0.15, 0.2) is 30.3 Å². The summed E-state index contributed by atoms with van der Waals surface area (Å²) in [7, 11) is 3.55. The quantitative estimate of drug-likeness (QED) is 0.773. The Hall–Kier alpha value is -0.900. The van der Waals surface area contributed by atoms with Gasteiger partial charge < -0.3 is 9.47 Å². The van der Waals surface area contributed by atoms with Gasteiger partial charge in [-0.3, -0.25) is 4.90 Å². The molecule has 1 fully saturated rings. The minimum absolute atomic E-state index is 0.417. The monoisotopic (exact) mass is 249 g/mol. The first-order chi connectivity index (χ1) is 8.77. The molecule has 0 amide bonds. The normalized spacial score (nSPS) is 25.7. The Morgan fingerprint density at radius 2 is 1.67 bits per heavy atom. The predicted octanol–water partition coefficient (Wildman–Crippen LogP) is 2.48. The molecule has 0 spiro atoms. The van der Waals surface area contributed by atoms with Gasteiger partial charge in [0.2, 0.25) is 0 Å². The van der Waals surface area contributed by atoms with Crippen LogP contribution in [0.3, 0.4) is 0 Å². The lowest BCUT2D eigenvalue weighted by molar-refractivity contribution is -0.0807. The van der Waals surface area contributed by atoms with E-state index in [1.54, 1.807) is 14.2 Å². The molecule has 1 aromatic rings. The molecule has 3 atom stereocenters. The van der Waals surface area contributed by atoms with Crippen LogP contribution in [0.2, 0.25) is 0 Å². The molecule has 3 nitrogen and oxygen atoms in total. The van der Waals surface area contributed by atoms with Crippen LogP contribution in [-0.4, -0.2) is 44.4 Å². The zero-order valence-corrected chi connectivity index (χ0v) is 11.5. The molecule has 0 N–H and O–H groups in total. The second-order valence-electron chi connectivity index (χ2n) is 4.99. The molecule has 2 rings (SSSR count). The van der Waals surface area contributed by atoms with Crippen molar-refractivity contribution in [2.45, 2.75) is 31.5 Å². The molecule has 0 aromatic heterocycles. The zero-order valence-electron chi connectivity index (χ0n) is 11.5. The number of benzene rings is 1. The molecule has 1 heterocycles. The van der Waals surface area contributed by atoms with Crippen molar-refractivity contribution in [2.75, 3.05) is 27.4 Å². The minimum Gasteiger partial charge on any atom is -0.383 e. The van der Waals surface area contributed by atoms with Crippen LogP contribution in [-0.2, 0) is 9.47 Å². The lowest BCUT2D eigenvalue weighted by atomic mass is 9.89. The highest BCUT2D eigenvalue weighted by atomic mass is 16.5. The maximum absolute atomic E-state index is 5.31. The molecule has 0 unspecified atom stereocenters. The largest absolute Gasteiger partial charge is 0.383 e. The number of hydrogen-bond acceptors (Lipinski definition) is 3. The fourth-order valence-electron chi connectivity index (χ4n) is 2.95. The number of methoxy groups -OCH3 is 2. The average Bonchev–Trinajstić information content (AvgIpc) is 2.38. The van der Waals surface area contributed by atoms with E-state index >= 15 is 0 Å². The van der Waals surface area contributed by atoms with Crippen LogP contribution >= 0.6 is 0 Å². The van der Waals surface area contributed by atoms with E-state index in [0.29, 0.717) is 18.1 Å². The molecule has 1 saturated heterocycles. The Morgan fingerprint density at radius 3 is 2.17 bits per heavy atom. The van der Waals surface area contributed by atoms with E-state index in [1.807, 2.05) is 0 Å². The summed E-state index contributed by atoms with van der Waals surface area (Å²) in [5.74, 6) is 0. The van der Waals surface area contributed by atoms with E-state index in [4.69, 9.17) is 9.47 Å². The first kappa shape index (κ1) is 13.5. The van der Waals surface area contributed by atoms with Crippen molar-refractivity contribution < 1.29 is 9.47 Å². The van der Waals surface area contributed by atoms with Crippen LogP contribution in [0.5, 0.6) is 0 Å². The van der Waals surface area contributed by atoms with Crippen molar-refractivity contribution in [3.8, 4) is 0 Å². The molecule has 100 valence electrons. The number of hydrogen-bond donors (Lipinski definition) is 0. The van der Waals surface area contributed by atoms with Crippen molar-refractivity contribution >= 4 is 0 Å². The van der Waals surface area contributed by atoms with Gasteiger partial charge in [0, 0.05) is 32.3 Å². The average molecular weight is 249 g/mol. The van der Waals surface area contributed by atoms with Crippen LogP contribution < -0.4 is 0 Å². The summed E-state index contributed by atoms with van der Waals surface area (Å²) in [4.78, 5) is 2.52. The van der Waals surface area contributed by atoms with E-state index in [-0.39, 0.29) is 0 Å². The molecule has 0 aliphatic carbocycles. The molecule has 1 aromatic carbocycles. The summed E-state index contributed by atoms with van der Waals surface area (Å²) in [6.07, 6.45) is 1.17. The second-order valence-corrected chi connectivity index (χ2v) is 4.99. The van der Waals surface area contributed by atoms with E-state index in [1.165, 1.54) is 12.0 Å². The lowest BCUT2D eigenvalue weighted by Gasteiger charge is -2.51. The second kappa shape index (κ2) is 6.32. The Kier molecular flexibility index (Phi) is 4.75. The standard InChI is InChI=1S/C15H23NO2/c1-12(13-7-5-4-6-8-13)16-14(10-17-2)9-15(16)11-18-3/h4-8,12,14-15H,9-11H2,1-3H3/t12-,14-,15-/m0/s1. The topological polar surface area (TPSA) is 21.7 Å². The SMILES string of the molecule is COC[C@@H]1C[C@@H](COC)N1[C@@H](C)c1ccccc1. The third-order valence-electron chi connectivity index (χ3n) is 3.83. The van der Waals surface area contributed by atoms with E-state index in [2.05, 4.69) is 42.2 Å². The van der Waals surface area contributed by atoms with Gasteiger partial charge in [0.15, 0.2) is 0 Å². The summed E-state index contributed by atoms with van der Waals surface area (Å²) in [6.45, 7) is 3.87. The maximum Gasteiger partial charge on any atom is 0.0619 e. The number of rotatable bonds is 6. The molecule has 0 bridgehead atoms. The van der Waals surface area contributed by atoms with Gasteiger partial charge >= 0.3 is 0 Å². The molecule has 18 heavy (non-hydrogen) atoms. The molecule has 0 radical (unpaired) electrons. The Bertz CT molecular complexity index is 343. The summed E-state index contributed by atoms with van der Waals surface area (Å²) in [5.41, 5.74) is 1.36. The van der Waals surface area contributed by atoms with Gasteiger partial charge in [0.1, 0.15) is 0 Å². The van der Waals surface area contributed by atoms with Gasteiger partial charge in [-0.2, -0.15) is 0 Å². The Balaban J connectivity index is 2.06.